The second-order valence-corrected chi connectivity index (χ2v) is 4.42. The van der Waals surface area contributed by atoms with Crippen molar-refractivity contribution in [3.8, 4) is 11.6 Å². The summed E-state index contributed by atoms with van der Waals surface area (Å²) in [6.45, 7) is 0. The van der Waals surface area contributed by atoms with Gasteiger partial charge in [-0.05, 0) is 18.2 Å². The minimum Gasteiger partial charge on any atom is -0.477 e. The summed E-state index contributed by atoms with van der Waals surface area (Å²) in [7, 11) is 1.14. The summed E-state index contributed by atoms with van der Waals surface area (Å²) in [4.78, 5) is 11.1. The fraction of sp³-hybridized carbons (Fsp3) is 0.231. The molecule has 0 saturated carbocycles. The van der Waals surface area contributed by atoms with Crippen molar-refractivity contribution < 1.29 is 36.6 Å². The van der Waals surface area contributed by atoms with E-state index in [2.05, 4.69) is 5.10 Å². The maximum absolute atomic E-state index is 12.8. The summed E-state index contributed by atoms with van der Waals surface area (Å²) in [5.41, 5.74) is -2.95. The first-order valence-electron chi connectivity index (χ1n) is 6.04. The molecule has 1 heterocycles. The molecule has 0 amide bonds. The third kappa shape index (κ3) is 3.41. The largest absolute Gasteiger partial charge is 0.477 e. The van der Waals surface area contributed by atoms with Gasteiger partial charge in [0.2, 0.25) is 5.88 Å². The molecule has 0 aliphatic heterocycles. The molecule has 0 aliphatic rings. The van der Waals surface area contributed by atoms with Crippen LogP contribution in [-0.4, -0.2) is 20.9 Å². The number of halogens is 5. The molecule has 2 aromatic rings. The van der Waals surface area contributed by atoms with E-state index < -0.39 is 41.3 Å². The average Bonchev–Trinajstić information content (AvgIpc) is 2.76. The SMILES string of the molecule is Cn1nc(C(F)F)c(C(=O)O)c1Oc1cccc(C(F)(F)F)c1. The number of ether oxygens (including phenoxy) is 1. The Morgan fingerprint density at radius 3 is 2.52 bits per heavy atom. The van der Waals surface area contributed by atoms with Crippen molar-refractivity contribution in [1.82, 2.24) is 9.78 Å². The fourth-order valence-electron chi connectivity index (χ4n) is 1.85. The van der Waals surface area contributed by atoms with E-state index in [1.54, 1.807) is 0 Å². The highest BCUT2D eigenvalue weighted by Crippen LogP contribution is 2.35. The smallest absolute Gasteiger partial charge is 0.416 e. The number of carbonyl (C=O) groups is 1. The first kappa shape index (κ1) is 16.7. The summed E-state index contributed by atoms with van der Waals surface area (Å²) in [6.07, 6.45) is -7.80. The second kappa shape index (κ2) is 5.86. The predicted octanol–water partition coefficient (Wildman–Crippen LogP) is 3.87. The van der Waals surface area contributed by atoms with Crippen LogP contribution in [0.15, 0.2) is 24.3 Å². The van der Waals surface area contributed by atoms with Gasteiger partial charge < -0.3 is 9.84 Å². The zero-order chi connectivity index (χ0) is 17.4. The van der Waals surface area contributed by atoms with Gasteiger partial charge in [-0.15, -0.1) is 0 Å². The number of aryl methyl sites for hydroxylation is 1. The van der Waals surface area contributed by atoms with Crippen LogP contribution < -0.4 is 4.74 Å². The molecule has 0 atom stereocenters. The summed E-state index contributed by atoms with van der Waals surface area (Å²) in [6, 6.07) is 3.60. The summed E-state index contributed by atoms with van der Waals surface area (Å²) in [5.74, 6) is -2.67. The number of benzene rings is 1. The molecule has 23 heavy (non-hydrogen) atoms. The van der Waals surface area contributed by atoms with Crippen molar-refractivity contribution in [2.45, 2.75) is 12.6 Å². The van der Waals surface area contributed by atoms with E-state index in [0.717, 1.165) is 29.9 Å². The van der Waals surface area contributed by atoms with Gasteiger partial charge in [-0.25, -0.2) is 18.3 Å². The maximum atomic E-state index is 12.8. The lowest BCUT2D eigenvalue weighted by molar-refractivity contribution is -0.137. The second-order valence-electron chi connectivity index (χ2n) is 4.42. The highest BCUT2D eigenvalue weighted by atomic mass is 19.4. The topological polar surface area (TPSA) is 64.4 Å². The van der Waals surface area contributed by atoms with Gasteiger partial charge in [0, 0.05) is 7.05 Å². The van der Waals surface area contributed by atoms with Gasteiger partial charge in [-0.1, -0.05) is 6.07 Å². The molecule has 5 nitrogen and oxygen atoms in total. The third-order valence-electron chi connectivity index (χ3n) is 2.82. The van der Waals surface area contributed by atoms with E-state index in [-0.39, 0.29) is 5.75 Å². The summed E-state index contributed by atoms with van der Waals surface area (Å²) < 4.78 is 69.3. The van der Waals surface area contributed by atoms with Gasteiger partial charge >= 0.3 is 12.1 Å². The average molecular weight is 336 g/mol. The van der Waals surface area contributed by atoms with Gasteiger partial charge in [0.15, 0.2) is 5.56 Å². The number of carboxylic acids is 1. The van der Waals surface area contributed by atoms with E-state index in [1.807, 2.05) is 0 Å². The standard InChI is InChI=1S/C13H9F5N2O3/c1-20-11(8(12(21)22)9(19-20)10(14)15)23-7-4-2-3-6(5-7)13(16,17)18/h2-5,10H,1H3,(H,21,22). The number of hydrogen-bond donors (Lipinski definition) is 1. The lowest BCUT2D eigenvalue weighted by Gasteiger charge is -2.10. The van der Waals surface area contributed by atoms with Crippen molar-refractivity contribution in [2.24, 2.45) is 7.05 Å². The first-order valence-corrected chi connectivity index (χ1v) is 6.04. The Morgan fingerprint density at radius 2 is 2.00 bits per heavy atom. The normalized spacial score (nSPS) is 11.8. The van der Waals surface area contributed by atoms with Crippen molar-refractivity contribution in [3.05, 3.63) is 41.1 Å². The maximum Gasteiger partial charge on any atom is 0.416 e. The van der Waals surface area contributed by atoms with Crippen LogP contribution in [0.1, 0.15) is 28.0 Å². The van der Waals surface area contributed by atoms with Crippen molar-refractivity contribution in [3.63, 3.8) is 0 Å². The van der Waals surface area contributed by atoms with E-state index in [0.29, 0.717) is 6.07 Å². The van der Waals surface area contributed by atoms with Crippen LogP contribution in [0.25, 0.3) is 0 Å². The van der Waals surface area contributed by atoms with Crippen LogP contribution in [0, 0.1) is 0 Å². The Balaban J connectivity index is 2.47. The molecular weight excluding hydrogens is 327 g/mol. The number of hydrogen-bond acceptors (Lipinski definition) is 3. The third-order valence-corrected chi connectivity index (χ3v) is 2.82. The van der Waals surface area contributed by atoms with Crippen LogP contribution in [0.3, 0.4) is 0 Å². The van der Waals surface area contributed by atoms with Crippen LogP contribution in [0.4, 0.5) is 22.0 Å². The first-order chi connectivity index (χ1) is 10.6. The van der Waals surface area contributed by atoms with Gasteiger partial charge in [-0.2, -0.15) is 18.3 Å². The van der Waals surface area contributed by atoms with E-state index in [4.69, 9.17) is 9.84 Å². The molecule has 0 unspecified atom stereocenters. The molecule has 124 valence electrons. The van der Waals surface area contributed by atoms with Crippen LogP contribution in [0.2, 0.25) is 0 Å². The Bertz CT molecular complexity index is 740. The molecule has 10 heteroatoms. The zero-order valence-corrected chi connectivity index (χ0v) is 11.4. The molecule has 1 N–H and O–H groups in total. The van der Waals surface area contributed by atoms with Crippen LogP contribution in [0.5, 0.6) is 11.6 Å². The highest BCUT2D eigenvalue weighted by molar-refractivity contribution is 5.92. The molecule has 0 aliphatic carbocycles. The van der Waals surface area contributed by atoms with Gasteiger partial charge in [0.05, 0.1) is 5.56 Å². The van der Waals surface area contributed by atoms with E-state index >= 15 is 0 Å². The zero-order valence-electron chi connectivity index (χ0n) is 11.4. The number of carboxylic acid groups (broad SMARTS) is 1. The molecule has 1 aromatic carbocycles. The molecule has 2 rings (SSSR count). The van der Waals surface area contributed by atoms with Crippen molar-refractivity contribution in [2.75, 3.05) is 0 Å². The summed E-state index contributed by atoms with van der Waals surface area (Å²) >= 11 is 0. The molecular formula is C13H9F5N2O3. The minimum absolute atomic E-state index is 0.355. The molecule has 0 radical (unpaired) electrons. The number of nitrogens with zero attached hydrogens (tertiary/aromatic N) is 2. The lowest BCUT2D eigenvalue weighted by atomic mass is 10.2. The van der Waals surface area contributed by atoms with Gasteiger partial charge in [0.25, 0.3) is 6.43 Å². The molecule has 0 fully saturated rings. The Hall–Kier alpha value is -2.65. The quantitative estimate of drug-likeness (QED) is 0.861. The highest BCUT2D eigenvalue weighted by Gasteiger charge is 2.32. The fourth-order valence-corrected chi connectivity index (χ4v) is 1.85. The number of rotatable bonds is 4. The molecule has 0 saturated heterocycles. The van der Waals surface area contributed by atoms with E-state index in [9.17, 15) is 26.7 Å². The van der Waals surface area contributed by atoms with Gasteiger partial charge in [-0.3, -0.25) is 0 Å². The van der Waals surface area contributed by atoms with E-state index in [1.165, 1.54) is 0 Å². The predicted molar refractivity (Wildman–Crippen MR) is 66.6 cm³/mol. The Labute approximate surface area is 125 Å². The molecule has 0 spiro atoms. The number of aromatic nitrogens is 2. The van der Waals surface area contributed by atoms with Crippen molar-refractivity contribution in [1.29, 1.82) is 0 Å². The van der Waals surface area contributed by atoms with Crippen LogP contribution in [-0.2, 0) is 13.2 Å². The number of aromatic carboxylic acids is 1. The Morgan fingerprint density at radius 1 is 1.35 bits per heavy atom. The van der Waals surface area contributed by atoms with Crippen molar-refractivity contribution >= 4 is 5.97 Å². The van der Waals surface area contributed by atoms with Gasteiger partial charge in [0.1, 0.15) is 11.4 Å². The number of alkyl halides is 5. The Kier molecular flexibility index (Phi) is 4.26. The molecule has 1 aromatic heterocycles. The minimum atomic E-state index is -4.63. The monoisotopic (exact) mass is 336 g/mol. The summed E-state index contributed by atoms with van der Waals surface area (Å²) in [5, 5.41) is 12.4. The van der Waals surface area contributed by atoms with Crippen LogP contribution >= 0.6 is 0 Å². The lowest BCUT2D eigenvalue weighted by Crippen LogP contribution is -2.06. The molecule has 0 bridgehead atoms.